The van der Waals surface area contributed by atoms with Crippen molar-refractivity contribution in [3.63, 3.8) is 0 Å². The van der Waals surface area contributed by atoms with Crippen molar-refractivity contribution in [1.29, 1.82) is 0 Å². The third-order valence-corrected chi connectivity index (χ3v) is 3.12. The third-order valence-electron chi connectivity index (χ3n) is 3.12. The summed E-state index contributed by atoms with van der Waals surface area (Å²) in [5.41, 5.74) is 5.97. The Kier molecular flexibility index (Phi) is 3.51. The van der Waals surface area contributed by atoms with E-state index in [1.54, 1.807) is 37.3 Å². The molecule has 2 N–H and O–H groups in total. The van der Waals surface area contributed by atoms with Crippen LogP contribution < -0.4 is 5.73 Å². The molecule has 0 amide bonds. The summed E-state index contributed by atoms with van der Waals surface area (Å²) < 4.78 is 40.5. The molecule has 0 radical (unpaired) electrons. The first kappa shape index (κ1) is 15.0. The molecule has 0 aliphatic carbocycles. The first-order valence-electron chi connectivity index (χ1n) is 6.69. The van der Waals surface area contributed by atoms with E-state index in [1.807, 2.05) is 0 Å². The lowest BCUT2D eigenvalue weighted by Crippen LogP contribution is -2.14. The largest absolute Gasteiger partial charge is 0.433 e. The van der Waals surface area contributed by atoms with Crippen LogP contribution in [0.25, 0.3) is 17.2 Å². The second-order valence-corrected chi connectivity index (χ2v) is 4.92. The fraction of sp³-hybridized carbons (Fsp3) is 0.133. The fourth-order valence-electron chi connectivity index (χ4n) is 2.11. The van der Waals surface area contributed by atoms with E-state index in [-0.39, 0.29) is 17.5 Å². The lowest BCUT2D eigenvalue weighted by Gasteiger charge is -2.11. The molecule has 2 aromatic heterocycles. The van der Waals surface area contributed by atoms with Crippen LogP contribution in [0.15, 0.2) is 42.5 Å². The number of anilines is 1. The minimum absolute atomic E-state index is 0.149. The number of aromatic nitrogens is 4. The molecule has 3 aromatic rings. The molecule has 0 spiro atoms. The molecule has 0 saturated heterocycles. The lowest BCUT2D eigenvalue weighted by atomic mass is 10.1. The number of rotatable bonds is 2. The maximum absolute atomic E-state index is 13.1. The highest BCUT2D eigenvalue weighted by atomic mass is 19.4. The number of alkyl halides is 3. The molecule has 0 unspecified atom stereocenters. The van der Waals surface area contributed by atoms with E-state index in [1.165, 1.54) is 6.07 Å². The van der Waals surface area contributed by atoms with Gasteiger partial charge >= 0.3 is 6.18 Å². The summed E-state index contributed by atoms with van der Waals surface area (Å²) >= 11 is 0. The summed E-state index contributed by atoms with van der Waals surface area (Å²) in [6.07, 6.45) is -4.60. The number of aryl methyl sites for hydroxylation is 1. The Balaban J connectivity index is 2.22. The van der Waals surface area contributed by atoms with E-state index in [4.69, 9.17) is 5.73 Å². The standard InChI is InChI=1S/C15H12F3N5/c1-9-7-13(19)23(22-9)14-20-11(10-5-3-2-4-6-10)8-12(21-14)15(16,17)18/h2-8H,19H2,1H3. The van der Waals surface area contributed by atoms with Gasteiger partial charge in [0.15, 0.2) is 5.69 Å². The van der Waals surface area contributed by atoms with Crippen LogP contribution in [0.5, 0.6) is 0 Å². The molecule has 8 heteroatoms. The second kappa shape index (κ2) is 5.38. The predicted molar refractivity (Wildman–Crippen MR) is 78.7 cm³/mol. The average molecular weight is 319 g/mol. The summed E-state index contributed by atoms with van der Waals surface area (Å²) in [4.78, 5) is 7.73. The smallest absolute Gasteiger partial charge is 0.383 e. The van der Waals surface area contributed by atoms with Gasteiger partial charge in [-0.3, -0.25) is 0 Å². The van der Waals surface area contributed by atoms with Crippen molar-refractivity contribution in [2.75, 3.05) is 5.73 Å². The van der Waals surface area contributed by atoms with Gasteiger partial charge in [0.05, 0.1) is 11.4 Å². The van der Waals surface area contributed by atoms with Crippen molar-refractivity contribution in [3.8, 4) is 17.2 Å². The van der Waals surface area contributed by atoms with Crippen LogP contribution in [0.1, 0.15) is 11.4 Å². The highest BCUT2D eigenvalue weighted by Crippen LogP contribution is 2.31. The monoisotopic (exact) mass is 319 g/mol. The molecular weight excluding hydrogens is 307 g/mol. The Labute approximate surface area is 129 Å². The first-order chi connectivity index (χ1) is 10.8. The molecular formula is C15H12F3N5. The van der Waals surface area contributed by atoms with Crippen LogP contribution in [0.3, 0.4) is 0 Å². The normalized spacial score (nSPS) is 11.7. The molecule has 1 aromatic carbocycles. The van der Waals surface area contributed by atoms with Gasteiger partial charge in [-0.25, -0.2) is 9.97 Å². The number of nitrogens with zero attached hydrogens (tertiary/aromatic N) is 4. The van der Waals surface area contributed by atoms with Gasteiger partial charge in [-0.1, -0.05) is 30.3 Å². The van der Waals surface area contributed by atoms with Crippen molar-refractivity contribution in [1.82, 2.24) is 19.7 Å². The lowest BCUT2D eigenvalue weighted by molar-refractivity contribution is -0.141. The Bertz CT molecular complexity index is 840. The number of nitrogen functional groups attached to an aromatic ring is 1. The zero-order valence-electron chi connectivity index (χ0n) is 12.0. The van der Waals surface area contributed by atoms with E-state index < -0.39 is 11.9 Å². The van der Waals surface area contributed by atoms with Crippen molar-refractivity contribution in [2.24, 2.45) is 0 Å². The number of halogens is 3. The van der Waals surface area contributed by atoms with Gasteiger partial charge < -0.3 is 5.73 Å². The second-order valence-electron chi connectivity index (χ2n) is 4.92. The molecule has 2 heterocycles. The predicted octanol–water partition coefficient (Wildman–Crippen LogP) is 3.24. The number of hydrogen-bond acceptors (Lipinski definition) is 4. The summed E-state index contributed by atoms with van der Waals surface area (Å²) in [6, 6.07) is 11.0. The zero-order valence-corrected chi connectivity index (χ0v) is 12.0. The van der Waals surface area contributed by atoms with Crippen LogP contribution in [-0.4, -0.2) is 19.7 Å². The van der Waals surface area contributed by atoms with Gasteiger partial charge in [-0.2, -0.15) is 23.0 Å². The number of nitrogens with two attached hydrogens (primary N) is 1. The number of hydrogen-bond donors (Lipinski definition) is 1. The van der Waals surface area contributed by atoms with Gasteiger partial charge in [0, 0.05) is 11.6 Å². The van der Waals surface area contributed by atoms with Crippen molar-refractivity contribution in [2.45, 2.75) is 13.1 Å². The molecule has 0 atom stereocenters. The van der Waals surface area contributed by atoms with Gasteiger partial charge in [0.2, 0.25) is 0 Å². The van der Waals surface area contributed by atoms with Crippen LogP contribution >= 0.6 is 0 Å². The summed E-state index contributed by atoms with van der Waals surface area (Å²) in [6.45, 7) is 1.68. The van der Waals surface area contributed by atoms with Gasteiger partial charge in [0.25, 0.3) is 5.95 Å². The topological polar surface area (TPSA) is 69.6 Å². The minimum Gasteiger partial charge on any atom is -0.383 e. The summed E-state index contributed by atoms with van der Waals surface area (Å²) in [5, 5.41) is 4.04. The summed E-state index contributed by atoms with van der Waals surface area (Å²) in [7, 11) is 0. The van der Waals surface area contributed by atoms with Crippen molar-refractivity contribution < 1.29 is 13.2 Å². The highest BCUT2D eigenvalue weighted by Gasteiger charge is 2.34. The molecule has 3 rings (SSSR count). The van der Waals surface area contributed by atoms with Crippen molar-refractivity contribution >= 4 is 5.82 Å². The maximum Gasteiger partial charge on any atom is 0.433 e. The van der Waals surface area contributed by atoms with Gasteiger partial charge in [0.1, 0.15) is 5.82 Å². The molecule has 118 valence electrons. The Morgan fingerprint density at radius 3 is 2.30 bits per heavy atom. The van der Waals surface area contributed by atoms with E-state index in [9.17, 15) is 13.2 Å². The Hall–Kier alpha value is -2.90. The zero-order chi connectivity index (χ0) is 16.6. The fourth-order valence-corrected chi connectivity index (χ4v) is 2.11. The minimum atomic E-state index is -4.60. The van der Waals surface area contributed by atoms with E-state index in [2.05, 4.69) is 15.1 Å². The van der Waals surface area contributed by atoms with E-state index in [0.717, 1.165) is 10.7 Å². The number of benzene rings is 1. The Morgan fingerprint density at radius 2 is 1.74 bits per heavy atom. The molecule has 0 bridgehead atoms. The van der Waals surface area contributed by atoms with Crippen molar-refractivity contribution in [3.05, 3.63) is 53.9 Å². The SMILES string of the molecule is Cc1cc(N)n(-c2nc(-c3ccccc3)cc(C(F)(F)F)n2)n1. The Morgan fingerprint density at radius 1 is 1.04 bits per heavy atom. The maximum atomic E-state index is 13.1. The molecule has 23 heavy (non-hydrogen) atoms. The van der Waals surface area contributed by atoms with Crippen LogP contribution in [0.4, 0.5) is 19.0 Å². The molecule has 5 nitrogen and oxygen atoms in total. The van der Waals surface area contributed by atoms with Crippen LogP contribution in [-0.2, 0) is 6.18 Å². The van der Waals surface area contributed by atoms with Gasteiger partial charge in [-0.15, -0.1) is 0 Å². The van der Waals surface area contributed by atoms with Crippen LogP contribution in [0, 0.1) is 6.92 Å². The molecule has 0 saturated carbocycles. The van der Waals surface area contributed by atoms with E-state index >= 15 is 0 Å². The van der Waals surface area contributed by atoms with Gasteiger partial charge in [-0.05, 0) is 13.0 Å². The highest BCUT2D eigenvalue weighted by molar-refractivity contribution is 5.60. The quantitative estimate of drug-likeness (QED) is 0.787. The third kappa shape index (κ3) is 3.01. The summed E-state index contributed by atoms with van der Waals surface area (Å²) in [5.74, 6) is -0.0508. The van der Waals surface area contributed by atoms with Crippen LogP contribution in [0.2, 0.25) is 0 Å². The first-order valence-corrected chi connectivity index (χ1v) is 6.69. The molecule has 0 aliphatic rings. The average Bonchev–Trinajstić information content (AvgIpc) is 2.85. The molecule has 0 aliphatic heterocycles. The van der Waals surface area contributed by atoms with E-state index in [0.29, 0.717) is 11.3 Å². The molecule has 0 fully saturated rings.